The molecule has 18 heavy (non-hydrogen) atoms. The van der Waals surface area contributed by atoms with Crippen molar-refractivity contribution < 1.29 is 0 Å². The SMILES string of the molecule is CC/C=C/C(C)c1cc(C#N)c(C#N)cc1C#N. The van der Waals surface area contributed by atoms with Crippen molar-refractivity contribution in [1.82, 2.24) is 0 Å². The molecule has 0 N–H and O–H groups in total. The summed E-state index contributed by atoms with van der Waals surface area (Å²) in [5.74, 6) is 0.0550. The normalized spacial score (nSPS) is 11.5. The Bertz CT molecular complexity index is 592. The third-order valence-corrected chi connectivity index (χ3v) is 2.70. The quantitative estimate of drug-likeness (QED) is 0.754. The Morgan fingerprint density at radius 1 is 1.06 bits per heavy atom. The summed E-state index contributed by atoms with van der Waals surface area (Å²) < 4.78 is 0. The Morgan fingerprint density at radius 2 is 1.61 bits per heavy atom. The van der Waals surface area contributed by atoms with Crippen LogP contribution in [0.4, 0.5) is 0 Å². The zero-order valence-electron chi connectivity index (χ0n) is 10.4. The van der Waals surface area contributed by atoms with Gasteiger partial charge in [-0.2, -0.15) is 15.8 Å². The number of rotatable bonds is 3. The fourth-order valence-electron chi connectivity index (χ4n) is 1.72. The van der Waals surface area contributed by atoms with E-state index >= 15 is 0 Å². The highest BCUT2D eigenvalue weighted by atomic mass is 14.3. The van der Waals surface area contributed by atoms with Crippen molar-refractivity contribution in [3.63, 3.8) is 0 Å². The van der Waals surface area contributed by atoms with Gasteiger partial charge in [0.25, 0.3) is 0 Å². The van der Waals surface area contributed by atoms with Crippen molar-refractivity contribution >= 4 is 0 Å². The summed E-state index contributed by atoms with van der Waals surface area (Å²) in [7, 11) is 0. The monoisotopic (exact) mass is 235 g/mol. The molecular weight excluding hydrogens is 222 g/mol. The van der Waals surface area contributed by atoms with Gasteiger partial charge in [0.2, 0.25) is 0 Å². The van der Waals surface area contributed by atoms with Crippen LogP contribution >= 0.6 is 0 Å². The molecule has 0 fully saturated rings. The largest absolute Gasteiger partial charge is 0.192 e. The van der Waals surface area contributed by atoms with Crippen molar-refractivity contribution in [3.8, 4) is 18.2 Å². The van der Waals surface area contributed by atoms with E-state index < -0.39 is 0 Å². The Balaban J connectivity index is 3.37. The summed E-state index contributed by atoms with van der Waals surface area (Å²) in [6, 6.07) is 9.15. The fraction of sp³-hybridized carbons (Fsp3) is 0.267. The number of benzene rings is 1. The molecule has 3 heteroatoms. The first-order valence-corrected chi connectivity index (χ1v) is 5.72. The first-order chi connectivity index (χ1) is 8.67. The second kappa shape index (κ2) is 6.24. The summed E-state index contributed by atoms with van der Waals surface area (Å²) in [6.07, 6.45) is 4.95. The lowest BCUT2D eigenvalue weighted by molar-refractivity contribution is 0.949. The van der Waals surface area contributed by atoms with Crippen LogP contribution in [0.5, 0.6) is 0 Å². The molecule has 1 rings (SSSR count). The van der Waals surface area contributed by atoms with Gasteiger partial charge in [0.05, 0.1) is 22.8 Å². The van der Waals surface area contributed by atoms with E-state index in [1.54, 1.807) is 6.07 Å². The summed E-state index contributed by atoms with van der Waals surface area (Å²) >= 11 is 0. The molecular formula is C15H13N3. The number of nitrogens with zero attached hydrogens (tertiary/aromatic N) is 3. The van der Waals surface area contributed by atoms with Gasteiger partial charge >= 0.3 is 0 Å². The smallest absolute Gasteiger partial charge is 0.101 e. The minimum atomic E-state index is 0.0550. The van der Waals surface area contributed by atoms with Crippen LogP contribution in [-0.2, 0) is 0 Å². The second-order valence-electron chi connectivity index (χ2n) is 3.95. The van der Waals surface area contributed by atoms with E-state index in [9.17, 15) is 0 Å². The predicted molar refractivity (Wildman–Crippen MR) is 68.4 cm³/mol. The van der Waals surface area contributed by atoms with E-state index in [0.29, 0.717) is 11.1 Å². The molecule has 3 nitrogen and oxygen atoms in total. The van der Waals surface area contributed by atoms with Crippen molar-refractivity contribution in [3.05, 3.63) is 46.5 Å². The molecule has 0 aliphatic rings. The van der Waals surface area contributed by atoms with E-state index in [2.05, 4.69) is 6.07 Å². The highest BCUT2D eigenvalue weighted by Gasteiger charge is 2.13. The molecule has 1 atom stereocenters. The first-order valence-electron chi connectivity index (χ1n) is 5.72. The van der Waals surface area contributed by atoms with Crippen LogP contribution in [0.15, 0.2) is 24.3 Å². The molecule has 0 saturated carbocycles. The molecule has 1 unspecified atom stereocenters. The third kappa shape index (κ3) is 2.76. The molecule has 0 heterocycles. The lowest BCUT2D eigenvalue weighted by atomic mass is 9.91. The van der Waals surface area contributed by atoms with Gasteiger partial charge in [-0.15, -0.1) is 0 Å². The van der Waals surface area contributed by atoms with Crippen LogP contribution in [0.1, 0.15) is 48.4 Å². The maximum atomic E-state index is 9.11. The number of allylic oxidation sites excluding steroid dienone is 2. The lowest BCUT2D eigenvalue weighted by Crippen LogP contribution is -1.98. The number of nitriles is 3. The Hall–Kier alpha value is -2.57. The average molecular weight is 235 g/mol. The van der Waals surface area contributed by atoms with E-state index in [1.165, 1.54) is 6.07 Å². The molecule has 0 bridgehead atoms. The number of hydrogen-bond acceptors (Lipinski definition) is 3. The van der Waals surface area contributed by atoms with Gasteiger partial charge in [-0.25, -0.2) is 0 Å². The first kappa shape index (κ1) is 13.5. The Kier molecular flexibility index (Phi) is 4.67. The van der Waals surface area contributed by atoms with E-state index in [1.807, 2.05) is 38.1 Å². The van der Waals surface area contributed by atoms with E-state index in [4.69, 9.17) is 15.8 Å². The summed E-state index contributed by atoms with van der Waals surface area (Å²) in [5.41, 5.74) is 1.82. The van der Waals surface area contributed by atoms with Crippen LogP contribution in [0.25, 0.3) is 0 Å². The summed E-state index contributed by atoms with van der Waals surface area (Å²) in [5, 5.41) is 27.0. The van der Waals surface area contributed by atoms with Crippen molar-refractivity contribution in [2.24, 2.45) is 0 Å². The van der Waals surface area contributed by atoms with Gasteiger partial charge in [0.15, 0.2) is 0 Å². The lowest BCUT2D eigenvalue weighted by Gasteiger charge is -2.10. The van der Waals surface area contributed by atoms with Crippen molar-refractivity contribution in [2.45, 2.75) is 26.2 Å². The minimum absolute atomic E-state index is 0.0550. The van der Waals surface area contributed by atoms with Crippen molar-refractivity contribution in [2.75, 3.05) is 0 Å². The zero-order valence-corrected chi connectivity index (χ0v) is 10.4. The molecule has 1 aromatic rings. The Morgan fingerprint density at radius 3 is 2.11 bits per heavy atom. The zero-order chi connectivity index (χ0) is 13.5. The second-order valence-corrected chi connectivity index (χ2v) is 3.95. The van der Waals surface area contributed by atoms with Crippen LogP contribution < -0.4 is 0 Å². The summed E-state index contributed by atoms with van der Waals surface area (Å²) in [6.45, 7) is 4.00. The molecule has 0 amide bonds. The van der Waals surface area contributed by atoms with E-state index in [-0.39, 0.29) is 11.5 Å². The van der Waals surface area contributed by atoms with Crippen molar-refractivity contribution in [1.29, 1.82) is 15.8 Å². The topological polar surface area (TPSA) is 71.4 Å². The standard InChI is InChI=1S/C15H13N3/c1-3-4-5-11(2)15-7-13(9-17)12(8-16)6-14(15)10-18/h4-7,11H,3H2,1-2H3/b5-4+. The molecule has 0 radical (unpaired) electrons. The molecule has 0 saturated heterocycles. The fourth-order valence-corrected chi connectivity index (χ4v) is 1.72. The predicted octanol–water partition coefficient (Wildman–Crippen LogP) is 3.37. The maximum absolute atomic E-state index is 9.11. The molecule has 0 aliphatic carbocycles. The molecule has 0 spiro atoms. The van der Waals surface area contributed by atoms with Gasteiger partial charge in [0.1, 0.15) is 12.1 Å². The van der Waals surface area contributed by atoms with Crippen LogP contribution in [-0.4, -0.2) is 0 Å². The van der Waals surface area contributed by atoms with Crippen LogP contribution in [0, 0.1) is 34.0 Å². The van der Waals surface area contributed by atoms with Crippen LogP contribution in [0.3, 0.4) is 0 Å². The minimum Gasteiger partial charge on any atom is -0.192 e. The van der Waals surface area contributed by atoms with Gasteiger partial charge in [-0.1, -0.05) is 26.0 Å². The molecule has 1 aromatic carbocycles. The highest BCUT2D eigenvalue weighted by Crippen LogP contribution is 2.24. The maximum Gasteiger partial charge on any atom is 0.101 e. The molecule has 0 aliphatic heterocycles. The van der Waals surface area contributed by atoms with Gasteiger partial charge in [0, 0.05) is 5.92 Å². The van der Waals surface area contributed by atoms with Gasteiger partial charge in [-0.3, -0.25) is 0 Å². The third-order valence-electron chi connectivity index (χ3n) is 2.70. The molecule has 0 aromatic heterocycles. The summed E-state index contributed by atoms with van der Waals surface area (Å²) in [4.78, 5) is 0. The Labute approximate surface area is 107 Å². The molecule has 88 valence electrons. The van der Waals surface area contributed by atoms with E-state index in [0.717, 1.165) is 12.0 Å². The van der Waals surface area contributed by atoms with Gasteiger partial charge < -0.3 is 0 Å². The number of hydrogen-bond donors (Lipinski definition) is 0. The van der Waals surface area contributed by atoms with Crippen LogP contribution in [0.2, 0.25) is 0 Å². The average Bonchev–Trinajstić information content (AvgIpc) is 2.42. The highest BCUT2D eigenvalue weighted by molar-refractivity contribution is 5.55. The van der Waals surface area contributed by atoms with Gasteiger partial charge in [-0.05, 0) is 24.1 Å².